The molecule has 0 fully saturated rings. The zero-order chi connectivity index (χ0) is 10.8. The summed E-state index contributed by atoms with van der Waals surface area (Å²) in [5.41, 5.74) is 4.35. The number of anilines is 1. The van der Waals surface area contributed by atoms with Gasteiger partial charge in [0.05, 0.1) is 5.69 Å². The third kappa shape index (κ3) is 1.80. The summed E-state index contributed by atoms with van der Waals surface area (Å²) in [5.74, 6) is 0. The Kier molecular flexibility index (Phi) is 2.60. The fraction of sp³-hybridized carbons (Fsp3) is 0.182. The molecule has 0 unspecified atom stereocenters. The third-order valence-corrected chi connectivity index (χ3v) is 3.01. The molecule has 0 spiro atoms. The summed E-state index contributed by atoms with van der Waals surface area (Å²) in [6.45, 7) is 2.04. The second-order valence-electron chi connectivity index (χ2n) is 3.33. The summed E-state index contributed by atoms with van der Waals surface area (Å²) in [6.07, 6.45) is 0. The lowest BCUT2D eigenvalue weighted by Gasteiger charge is -2.05. The topological polar surface area (TPSA) is 41.1 Å². The summed E-state index contributed by atoms with van der Waals surface area (Å²) in [6, 6.07) is 3.88. The molecule has 0 aromatic rings. The van der Waals surface area contributed by atoms with Crippen molar-refractivity contribution in [2.45, 2.75) is 6.92 Å². The van der Waals surface area contributed by atoms with Crippen LogP contribution in [0.3, 0.4) is 0 Å². The van der Waals surface area contributed by atoms with Gasteiger partial charge in [0.1, 0.15) is 0 Å². The third-order valence-electron chi connectivity index (χ3n) is 2.34. The second-order valence-corrected chi connectivity index (χ2v) is 4.11. The molecular weight excluding hydrogens is 208 g/mol. The fourth-order valence-corrected chi connectivity index (χ4v) is 2.26. The molecule has 1 aliphatic heterocycles. The predicted octanol–water partition coefficient (Wildman–Crippen LogP) is 2.91. The SMILES string of the molecule is CNC(=O)Nc1cc(C)c2ccscc1-2. The van der Waals surface area contributed by atoms with Crippen molar-refractivity contribution in [1.29, 1.82) is 0 Å². The van der Waals surface area contributed by atoms with E-state index >= 15 is 0 Å². The molecule has 0 saturated heterocycles. The lowest BCUT2D eigenvalue weighted by Crippen LogP contribution is -2.24. The van der Waals surface area contributed by atoms with Crippen LogP contribution >= 0.6 is 11.3 Å². The van der Waals surface area contributed by atoms with Gasteiger partial charge in [-0.25, -0.2) is 4.79 Å². The van der Waals surface area contributed by atoms with E-state index in [1.54, 1.807) is 18.4 Å². The number of hydrogen-bond donors (Lipinski definition) is 2. The molecule has 4 heteroatoms. The molecule has 2 aliphatic rings. The maximum atomic E-state index is 11.2. The molecule has 3 nitrogen and oxygen atoms in total. The maximum Gasteiger partial charge on any atom is 0.318 e. The smallest absolute Gasteiger partial charge is 0.318 e. The number of urea groups is 1. The normalized spacial score (nSPS) is 10.3. The Balaban J connectivity index is 2.41. The highest BCUT2D eigenvalue weighted by Gasteiger charge is 2.13. The van der Waals surface area contributed by atoms with E-state index in [4.69, 9.17) is 0 Å². The monoisotopic (exact) mass is 220 g/mol. The molecular formula is C11H12N2OS. The van der Waals surface area contributed by atoms with E-state index < -0.39 is 0 Å². The average molecular weight is 220 g/mol. The Morgan fingerprint density at radius 2 is 2.20 bits per heavy atom. The van der Waals surface area contributed by atoms with Crippen molar-refractivity contribution >= 4 is 23.1 Å². The van der Waals surface area contributed by atoms with Crippen LogP contribution in [-0.2, 0) is 0 Å². The zero-order valence-electron chi connectivity index (χ0n) is 8.63. The molecule has 0 saturated carbocycles. The summed E-state index contributed by atoms with van der Waals surface area (Å²) in [7, 11) is 1.61. The molecule has 1 aliphatic carbocycles. The van der Waals surface area contributed by atoms with Crippen molar-refractivity contribution in [3.8, 4) is 11.1 Å². The van der Waals surface area contributed by atoms with Gasteiger partial charge >= 0.3 is 6.03 Å². The first kappa shape index (κ1) is 9.98. The number of aryl methyl sites for hydroxylation is 1. The average Bonchev–Trinajstić information content (AvgIpc) is 2.57. The first-order chi connectivity index (χ1) is 7.22. The quantitative estimate of drug-likeness (QED) is 0.762. The van der Waals surface area contributed by atoms with Gasteiger partial charge in [-0.1, -0.05) is 0 Å². The minimum absolute atomic E-state index is 0.184. The number of nitrogens with one attached hydrogen (secondary N) is 2. The first-order valence-electron chi connectivity index (χ1n) is 4.66. The Bertz CT molecular complexity index is 464. The van der Waals surface area contributed by atoms with Crippen LogP contribution in [0.15, 0.2) is 22.9 Å². The summed E-state index contributed by atoms with van der Waals surface area (Å²) < 4.78 is 0. The highest BCUT2D eigenvalue weighted by atomic mass is 32.1. The van der Waals surface area contributed by atoms with Crippen molar-refractivity contribution < 1.29 is 4.79 Å². The number of hydrogen-bond acceptors (Lipinski definition) is 2. The molecule has 15 heavy (non-hydrogen) atoms. The van der Waals surface area contributed by atoms with Gasteiger partial charge < -0.3 is 10.6 Å². The molecule has 2 amide bonds. The van der Waals surface area contributed by atoms with Crippen molar-refractivity contribution in [2.75, 3.05) is 12.4 Å². The standard InChI is InChI=1S/C11H12N2OS/c1-7-5-10(13-11(14)12-2)9-6-15-4-3-8(7)9/h3-6H,1-2H3,(H2,12,13,14). The van der Waals surface area contributed by atoms with Crippen molar-refractivity contribution in [3.63, 3.8) is 0 Å². The Morgan fingerprint density at radius 3 is 2.93 bits per heavy atom. The van der Waals surface area contributed by atoms with E-state index in [-0.39, 0.29) is 6.03 Å². The van der Waals surface area contributed by atoms with Gasteiger partial charge in [-0.3, -0.25) is 0 Å². The van der Waals surface area contributed by atoms with Gasteiger partial charge in [0.25, 0.3) is 0 Å². The van der Waals surface area contributed by atoms with Crippen molar-refractivity contribution in [1.82, 2.24) is 5.32 Å². The van der Waals surface area contributed by atoms with E-state index in [0.29, 0.717) is 0 Å². The van der Waals surface area contributed by atoms with Gasteiger partial charge in [0.2, 0.25) is 0 Å². The van der Waals surface area contributed by atoms with Crippen LogP contribution in [0.25, 0.3) is 11.1 Å². The van der Waals surface area contributed by atoms with E-state index in [9.17, 15) is 4.79 Å². The number of amides is 2. The largest absolute Gasteiger partial charge is 0.341 e. The van der Waals surface area contributed by atoms with Gasteiger partial charge in [-0.2, -0.15) is 11.3 Å². The number of rotatable bonds is 1. The van der Waals surface area contributed by atoms with Gasteiger partial charge in [-0.05, 0) is 35.6 Å². The maximum absolute atomic E-state index is 11.2. The van der Waals surface area contributed by atoms with Gasteiger partial charge in [-0.15, -0.1) is 0 Å². The zero-order valence-corrected chi connectivity index (χ0v) is 9.44. The minimum Gasteiger partial charge on any atom is -0.341 e. The first-order valence-corrected chi connectivity index (χ1v) is 5.61. The molecule has 2 N–H and O–H groups in total. The Hall–Kier alpha value is -1.55. The fourth-order valence-electron chi connectivity index (χ4n) is 1.58. The van der Waals surface area contributed by atoms with E-state index in [1.165, 1.54) is 11.1 Å². The van der Waals surface area contributed by atoms with Gasteiger partial charge in [0, 0.05) is 18.0 Å². The van der Waals surface area contributed by atoms with E-state index in [2.05, 4.69) is 16.7 Å². The summed E-state index contributed by atoms with van der Waals surface area (Å²) >= 11 is 1.62. The van der Waals surface area contributed by atoms with Crippen LogP contribution < -0.4 is 10.6 Å². The lowest BCUT2D eigenvalue weighted by molar-refractivity contribution is 0.254. The molecule has 0 radical (unpaired) electrons. The van der Waals surface area contributed by atoms with Crippen molar-refractivity contribution in [3.05, 3.63) is 28.5 Å². The molecule has 0 aromatic heterocycles. The lowest BCUT2D eigenvalue weighted by atomic mass is 10.1. The van der Waals surface area contributed by atoms with Crippen LogP contribution in [0.4, 0.5) is 10.5 Å². The molecule has 78 valence electrons. The van der Waals surface area contributed by atoms with Crippen LogP contribution in [0.5, 0.6) is 0 Å². The molecule has 1 heterocycles. The molecule has 0 atom stereocenters. The van der Waals surface area contributed by atoms with Crippen molar-refractivity contribution in [2.24, 2.45) is 0 Å². The molecule has 0 bridgehead atoms. The summed E-state index contributed by atoms with van der Waals surface area (Å²) in [4.78, 5) is 11.2. The number of carbonyl (C=O) groups excluding carboxylic acids is 1. The highest BCUT2D eigenvalue weighted by molar-refractivity contribution is 7.08. The summed E-state index contributed by atoms with van der Waals surface area (Å²) in [5, 5.41) is 9.44. The van der Waals surface area contributed by atoms with Crippen LogP contribution in [0.2, 0.25) is 0 Å². The second kappa shape index (κ2) is 3.90. The number of carbonyl (C=O) groups is 1. The molecule has 2 rings (SSSR count). The Morgan fingerprint density at radius 1 is 1.40 bits per heavy atom. The number of fused-ring (bicyclic) bond motifs is 1. The highest BCUT2D eigenvalue weighted by Crippen LogP contribution is 2.36. The van der Waals surface area contributed by atoms with E-state index in [0.717, 1.165) is 11.3 Å². The Labute approximate surface area is 92.5 Å². The predicted molar refractivity (Wildman–Crippen MR) is 63.8 cm³/mol. The van der Waals surface area contributed by atoms with Gasteiger partial charge in [0.15, 0.2) is 0 Å². The van der Waals surface area contributed by atoms with Crippen LogP contribution in [-0.4, -0.2) is 13.1 Å². The van der Waals surface area contributed by atoms with Crippen LogP contribution in [0.1, 0.15) is 5.56 Å². The molecule has 0 aromatic carbocycles. The van der Waals surface area contributed by atoms with Crippen LogP contribution in [0, 0.1) is 6.92 Å². The van der Waals surface area contributed by atoms with E-state index in [1.807, 2.05) is 23.8 Å². The minimum atomic E-state index is -0.184.